The van der Waals surface area contributed by atoms with Gasteiger partial charge in [0.2, 0.25) is 5.91 Å². The Kier molecular flexibility index (Phi) is 7.32. The molecule has 26 heavy (non-hydrogen) atoms. The van der Waals surface area contributed by atoms with Crippen LogP contribution in [-0.4, -0.2) is 78.5 Å². The fourth-order valence-electron chi connectivity index (χ4n) is 4.59. The number of rotatable bonds is 4. The summed E-state index contributed by atoms with van der Waals surface area (Å²) >= 11 is 0. The van der Waals surface area contributed by atoms with Gasteiger partial charge in [-0.1, -0.05) is 38.5 Å². The Labute approximate surface area is 158 Å². The average Bonchev–Trinajstić information content (AvgIpc) is 2.65. The number of carbonyl (C=O) groups excluding carboxylic acids is 2. The minimum atomic E-state index is -0.136. The van der Waals surface area contributed by atoms with Crippen LogP contribution in [0, 0.1) is 0 Å². The molecule has 0 unspecified atom stereocenters. The highest BCUT2D eigenvalue weighted by atomic mass is 16.2. The summed E-state index contributed by atoms with van der Waals surface area (Å²) in [6.45, 7) is 4.17. The Morgan fingerprint density at radius 3 is 2.08 bits per heavy atom. The second-order valence-electron chi connectivity index (χ2n) is 8.42. The third kappa shape index (κ3) is 5.43. The molecule has 0 atom stereocenters. The highest BCUT2D eigenvalue weighted by molar-refractivity contribution is 5.96. The first-order chi connectivity index (χ1) is 12.6. The van der Waals surface area contributed by atoms with E-state index in [-0.39, 0.29) is 24.0 Å². The molecule has 6 heteroatoms. The van der Waals surface area contributed by atoms with E-state index in [4.69, 9.17) is 0 Å². The van der Waals surface area contributed by atoms with E-state index in [0.717, 1.165) is 64.7 Å². The van der Waals surface area contributed by atoms with E-state index in [1.807, 2.05) is 0 Å². The molecule has 6 nitrogen and oxygen atoms in total. The molecule has 0 aromatic heterocycles. The highest BCUT2D eigenvalue weighted by Crippen LogP contribution is 2.24. The van der Waals surface area contributed by atoms with E-state index in [1.54, 1.807) is 4.90 Å². The Bertz CT molecular complexity index is 464. The zero-order valence-corrected chi connectivity index (χ0v) is 16.4. The molecule has 3 fully saturated rings. The predicted molar refractivity (Wildman–Crippen MR) is 103 cm³/mol. The zero-order valence-electron chi connectivity index (χ0n) is 16.4. The first-order valence-corrected chi connectivity index (χ1v) is 10.7. The van der Waals surface area contributed by atoms with Gasteiger partial charge < -0.3 is 10.2 Å². The number of amides is 3. The maximum absolute atomic E-state index is 13.1. The zero-order chi connectivity index (χ0) is 18.4. The van der Waals surface area contributed by atoms with Gasteiger partial charge in [-0.3, -0.25) is 14.6 Å². The van der Waals surface area contributed by atoms with E-state index in [0.29, 0.717) is 6.54 Å². The van der Waals surface area contributed by atoms with E-state index in [9.17, 15) is 9.59 Å². The second kappa shape index (κ2) is 9.70. The molecule has 3 rings (SSSR count). The molecular formula is C20H36N4O2. The lowest BCUT2D eigenvalue weighted by Gasteiger charge is -2.37. The van der Waals surface area contributed by atoms with Gasteiger partial charge >= 0.3 is 6.03 Å². The van der Waals surface area contributed by atoms with Crippen molar-refractivity contribution in [3.63, 3.8) is 0 Å². The van der Waals surface area contributed by atoms with E-state index in [1.165, 1.54) is 25.7 Å². The summed E-state index contributed by atoms with van der Waals surface area (Å²) in [4.78, 5) is 32.2. The van der Waals surface area contributed by atoms with Crippen molar-refractivity contribution in [3.05, 3.63) is 0 Å². The van der Waals surface area contributed by atoms with Gasteiger partial charge in [-0.05, 0) is 32.7 Å². The van der Waals surface area contributed by atoms with Crippen molar-refractivity contribution in [3.8, 4) is 0 Å². The van der Waals surface area contributed by atoms with Gasteiger partial charge in [-0.2, -0.15) is 0 Å². The second-order valence-corrected chi connectivity index (χ2v) is 8.42. The van der Waals surface area contributed by atoms with Gasteiger partial charge in [0.15, 0.2) is 0 Å². The first-order valence-electron chi connectivity index (χ1n) is 10.7. The van der Waals surface area contributed by atoms with Crippen molar-refractivity contribution in [1.29, 1.82) is 0 Å². The summed E-state index contributed by atoms with van der Waals surface area (Å²) in [6, 6.07) is 0.203. The Hall–Kier alpha value is -1.14. The number of piperazine rings is 1. The first kappa shape index (κ1) is 19.6. The summed E-state index contributed by atoms with van der Waals surface area (Å²) in [5.74, 6) is -0.00485. The number of nitrogens with one attached hydrogen (secondary N) is 1. The smallest absolute Gasteiger partial charge is 0.324 e. The van der Waals surface area contributed by atoms with Crippen LogP contribution in [0.3, 0.4) is 0 Å². The molecule has 3 amide bonds. The Morgan fingerprint density at radius 1 is 0.885 bits per heavy atom. The number of likely N-dealkylation sites (N-methyl/N-ethyl adjacent to an activating group) is 1. The lowest BCUT2D eigenvalue weighted by molar-refractivity contribution is -0.132. The molecule has 3 aliphatic rings. The van der Waals surface area contributed by atoms with Crippen molar-refractivity contribution in [2.24, 2.45) is 0 Å². The molecule has 0 aromatic carbocycles. The van der Waals surface area contributed by atoms with E-state index >= 15 is 0 Å². The summed E-state index contributed by atoms with van der Waals surface area (Å²) in [5, 5.41) is 3.18. The van der Waals surface area contributed by atoms with E-state index in [2.05, 4.69) is 22.2 Å². The maximum Gasteiger partial charge on any atom is 0.324 e. The SMILES string of the molecule is CN1CCN(CC(=O)N(C(=O)NC2CCCCC2)C2CCCCC2)CC1. The van der Waals surface area contributed by atoms with Crippen molar-refractivity contribution in [1.82, 2.24) is 20.0 Å². The minimum Gasteiger partial charge on any atom is -0.335 e. The third-order valence-corrected chi connectivity index (χ3v) is 6.31. The van der Waals surface area contributed by atoms with Crippen LogP contribution in [0.1, 0.15) is 64.2 Å². The van der Waals surface area contributed by atoms with Crippen LogP contribution in [-0.2, 0) is 4.79 Å². The average molecular weight is 365 g/mol. The molecule has 1 N–H and O–H groups in total. The van der Waals surface area contributed by atoms with Crippen molar-refractivity contribution < 1.29 is 9.59 Å². The van der Waals surface area contributed by atoms with Crippen LogP contribution in [0.4, 0.5) is 4.79 Å². The quantitative estimate of drug-likeness (QED) is 0.832. The number of urea groups is 1. The lowest BCUT2D eigenvalue weighted by Crippen LogP contribution is -2.56. The molecule has 2 aliphatic carbocycles. The molecule has 0 radical (unpaired) electrons. The molecule has 1 aliphatic heterocycles. The van der Waals surface area contributed by atoms with Gasteiger partial charge in [-0.15, -0.1) is 0 Å². The standard InChI is InChI=1S/C20H36N4O2/c1-22-12-14-23(15-13-22)16-19(25)24(18-10-6-3-7-11-18)20(26)21-17-8-4-2-5-9-17/h17-18H,2-16H2,1H3,(H,21,26). The topological polar surface area (TPSA) is 55.9 Å². The number of imide groups is 1. The van der Waals surface area contributed by atoms with Crippen molar-refractivity contribution >= 4 is 11.9 Å². The maximum atomic E-state index is 13.1. The number of carbonyl (C=O) groups is 2. The molecule has 2 saturated carbocycles. The summed E-state index contributed by atoms with van der Waals surface area (Å²) in [7, 11) is 2.12. The molecule has 0 spiro atoms. The highest BCUT2D eigenvalue weighted by Gasteiger charge is 2.33. The van der Waals surface area contributed by atoms with Gasteiger partial charge in [0, 0.05) is 38.3 Å². The van der Waals surface area contributed by atoms with Gasteiger partial charge in [0.05, 0.1) is 6.54 Å². The van der Waals surface area contributed by atoms with Crippen LogP contribution in [0.15, 0.2) is 0 Å². The van der Waals surface area contributed by atoms with E-state index < -0.39 is 0 Å². The normalized spacial score (nSPS) is 24.3. The van der Waals surface area contributed by atoms with Crippen LogP contribution >= 0.6 is 0 Å². The van der Waals surface area contributed by atoms with Gasteiger partial charge in [0.1, 0.15) is 0 Å². The summed E-state index contributed by atoms with van der Waals surface area (Å²) in [6.07, 6.45) is 11.1. The van der Waals surface area contributed by atoms with Gasteiger partial charge in [-0.25, -0.2) is 4.79 Å². The molecular weight excluding hydrogens is 328 g/mol. The fraction of sp³-hybridized carbons (Fsp3) is 0.900. The van der Waals surface area contributed by atoms with Crippen LogP contribution in [0.25, 0.3) is 0 Å². The van der Waals surface area contributed by atoms with Crippen molar-refractivity contribution in [2.45, 2.75) is 76.3 Å². The summed E-state index contributed by atoms with van der Waals surface area (Å²) in [5.41, 5.74) is 0. The molecule has 0 aromatic rings. The summed E-state index contributed by atoms with van der Waals surface area (Å²) < 4.78 is 0. The molecule has 1 saturated heterocycles. The third-order valence-electron chi connectivity index (χ3n) is 6.31. The predicted octanol–water partition coefficient (Wildman–Crippen LogP) is 2.44. The minimum absolute atomic E-state index is 0.00485. The molecule has 1 heterocycles. The van der Waals surface area contributed by atoms with Crippen molar-refractivity contribution in [2.75, 3.05) is 39.8 Å². The fourth-order valence-corrected chi connectivity index (χ4v) is 4.59. The largest absolute Gasteiger partial charge is 0.335 e. The number of hydrogen-bond acceptors (Lipinski definition) is 4. The van der Waals surface area contributed by atoms with Crippen LogP contribution < -0.4 is 5.32 Å². The lowest BCUT2D eigenvalue weighted by atomic mass is 9.93. The monoisotopic (exact) mass is 364 g/mol. The van der Waals surface area contributed by atoms with Crippen LogP contribution in [0.2, 0.25) is 0 Å². The Morgan fingerprint density at radius 2 is 1.46 bits per heavy atom. The molecule has 0 bridgehead atoms. The van der Waals surface area contributed by atoms with Gasteiger partial charge in [0.25, 0.3) is 0 Å². The Balaban J connectivity index is 1.61. The number of nitrogens with zero attached hydrogens (tertiary/aromatic N) is 3. The number of hydrogen-bond donors (Lipinski definition) is 1. The van der Waals surface area contributed by atoms with Crippen LogP contribution in [0.5, 0.6) is 0 Å². The molecule has 148 valence electrons.